The van der Waals surface area contributed by atoms with Gasteiger partial charge in [-0.15, -0.1) is 0 Å². The number of benzene rings is 2. The number of hydrogen-bond acceptors (Lipinski definition) is 5. The van der Waals surface area contributed by atoms with Gasteiger partial charge in [0.05, 0.1) is 0 Å². The number of para-hydroxylation sites is 1. The third-order valence-corrected chi connectivity index (χ3v) is 6.21. The third kappa shape index (κ3) is 3.65. The summed E-state index contributed by atoms with van der Waals surface area (Å²) in [6.07, 6.45) is 3.17. The van der Waals surface area contributed by atoms with Crippen molar-refractivity contribution in [1.82, 2.24) is 15.3 Å². The topological polar surface area (TPSA) is 71.3 Å². The molecule has 152 valence electrons. The Kier molecular flexibility index (Phi) is 5.12. The second-order valence-corrected chi connectivity index (χ2v) is 8.49. The van der Waals surface area contributed by atoms with Crippen LogP contribution in [0.2, 0.25) is 0 Å². The van der Waals surface area contributed by atoms with Crippen LogP contribution in [0.1, 0.15) is 18.4 Å². The molecule has 0 atom stereocenters. The highest BCUT2D eigenvalue weighted by atomic mass is 79.9. The number of rotatable bonds is 4. The average Bonchev–Trinajstić information content (AvgIpc) is 3.17. The van der Waals surface area contributed by atoms with Crippen molar-refractivity contribution in [3.63, 3.8) is 0 Å². The number of nitrogens with zero attached hydrogens (tertiary/aromatic N) is 3. The molecule has 0 saturated carbocycles. The standard InChI is InChI=1S/C23H21BrN4O2/c24-17-7-5-15(6-8-17)13-25-23(29)16-9-11-28(12-10-16)22-21-20(26-14-27-22)18-3-1-2-4-19(18)30-21/h1-8,14,16H,9-13H2,(H,25,29). The fraction of sp³-hybridized carbons (Fsp3) is 0.261. The molecule has 0 unspecified atom stereocenters. The van der Waals surface area contributed by atoms with Crippen molar-refractivity contribution in [3.8, 4) is 0 Å². The normalized spacial score (nSPS) is 15.0. The first-order chi connectivity index (χ1) is 14.7. The van der Waals surface area contributed by atoms with E-state index in [-0.39, 0.29) is 11.8 Å². The minimum absolute atomic E-state index is 0.0182. The minimum Gasteiger partial charge on any atom is -0.450 e. The lowest BCUT2D eigenvalue weighted by molar-refractivity contribution is -0.125. The smallest absolute Gasteiger partial charge is 0.223 e. The highest BCUT2D eigenvalue weighted by Gasteiger charge is 2.27. The molecule has 2 aromatic heterocycles. The summed E-state index contributed by atoms with van der Waals surface area (Å²) in [6.45, 7) is 2.08. The molecule has 0 aliphatic carbocycles. The van der Waals surface area contributed by atoms with Gasteiger partial charge in [0.1, 0.15) is 17.4 Å². The number of nitrogens with one attached hydrogen (secondary N) is 1. The molecule has 6 nitrogen and oxygen atoms in total. The molecular formula is C23H21BrN4O2. The van der Waals surface area contributed by atoms with Gasteiger partial charge >= 0.3 is 0 Å². The molecule has 1 N–H and O–H groups in total. The molecule has 3 heterocycles. The number of furan rings is 1. The number of halogens is 1. The first-order valence-corrected chi connectivity index (χ1v) is 10.9. The molecule has 0 spiro atoms. The van der Waals surface area contributed by atoms with Crippen molar-refractivity contribution in [2.24, 2.45) is 5.92 Å². The summed E-state index contributed by atoms with van der Waals surface area (Å²) in [5.41, 5.74) is 3.47. The van der Waals surface area contributed by atoms with Crippen LogP contribution < -0.4 is 10.2 Å². The third-order valence-electron chi connectivity index (χ3n) is 5.68. The Hall–Kier alpha value is -2.93. The van der Waals surface area contributed by atoms with Crippen LogP contribution in [0.4, 0.5) is 5.82 Å². The van der Waals surface area contributed by atoms with Gasteiger partial charge in [-0.05, 0) is 42.7 Å². The van der Waals surface area contributed by atoms with Crippen LogP contribution in [-0.4, -0.2) is 29.0 Å². The van der Waals surface area contributed by atoms with Crippen molar-refractivity contribution in [3.05, 3.63) is 64.9 Å². The lowest BCUT2D eigenvalue weighted by Crippen LogP contribution is -2.40. The molecule has 5 rings (SSSR count). The maximum absolute atomic E-state index is 12.6. The highest BCUT2D eigenvalue weighted by Crippen LogP contribution is 2.33. The van der Waals surface area contributed by atoms with E-state index in [4.69, 9.17) is 4.42 Å². The maximum atomic E-state index is 12.6. The molecule has 2 aromatic carbocycles. The van der Waals surface area contributed by atoms with E-state index in [2.05, 4.69) is 36.1 Å². The predicted molar refractivity (Wildman–Crippen MR) is 120 cm³/mol. The number of carbonyl (C=O) groups excluding carboxylic acids is 1. The molecule has 1 amide bonds. The van der Waals surface area contributed by atoms with Gasteiger partial charge in [0.15, 0.2) is 11.4 Å². The zero-order valence-corrected chi connectivity index (χ0v) is 17.9. The van der Waals surface area contributed by atoms with Gasteiger partial charge in [0.2, 0.25) is 5.91 Å². The fourth-order valence-corrected chi connectivity index (χ4v) is 4.29. The molecular weight excluding hydrogens is 444 g/mol. The van der Waals surface area contributed by atoms with Gasteiger partial charge in [-0.2, -0.15) is 0 Å². The van der Waals surface area contributed by atoms with Gasteiger partial charge in [0, 0.05) is 35.4 Å². The number of hydrogen-bond donors (Lipinski definition) is 1. The molecule has 1 aliphatic rings. The molecule has 1 saturated heterocycles. The van der Waals surface area contributed by atoms with Crippen molar-refractivity contribution in [2.45, 2.75) is 19.4 Å². The first kappa shape index (κ1) is 19.1. The Morgan fingerprint density at radius 2 is 1.87 bits per heavy atom. The molecule has 1 fully saturated rings. The van der Waals surface area contributed by atoms with E-state index in [9.17, 15) is 4.79 Å². The average molecular weight is 465 g/mol. The van der Waals surface area contributed by atoms with Crippen molar-refractivity contribution in [2.75, 3.05) is 18.0 Å². The second kappa shape index (κ2) is 8.07. The molecule has 1 aliphatic heterocycles. The largest absolute Gasteiger partial charge is 0.450 e. The summed E-state index contributed by atoms with van der Waals surface area (Å²) in [6, 6.07) is 15.9. The maximum Gasteiger partial charge on any atom is 0.223 e. The zero-order chi connectivity index (χ0) is 20.5. The Labute approximate surface area is 182 Å². The lowest BCUT2D eigenvalue weighted by Gasteiger charge is -2.31. The molecule has 7 heteroatoms. The van der Waals surface area contributed by atoms with Gasteiger partial charge in [-0.1, -0.05) is 40.2 Å². The Morgan fingerprint density at radius 1 is 1.10 bits per heavy atom. The monoisotopic (exact) mass is 464 g/mol. The summed E-state index contributed by atoms with van der Waals surface area (Å²) >= 11 is 3.43. The van der Waals surface area contributed by atoms with Gasteiger partial charge in [0.25, 0.3) is 0 Å². The van der Waals surface area contributed by atoms with Gasteiger partial charge in [-0.3, -0.25) is 4.79 Å². The van der Waals surface area contributed by atoms with Crippen molar-refractivity contribution >= 4 is 49.7 Å². The summed E-state index contributed by atoms with van der Waals surface area (Å²) in [7, 11) is 0. The second-order valence-electron chi connectivity index (χ2n) is 7.58. The number of piperidine rings is 1. The zero-order valence-electron chi connectivity index (χ0n) is 16.3. The highest BCUT2D eigenvalue weighted by molar-refractivity contribution is 9.10. The van der Waals surface area contributed by atoms with E-state index < -0.39 is 0 Å². The van der Waals surface area contributed by atoms with Gasteiger partial charge < -0.3 is 14.6 Å². The van der Waals surface area contributed by atoms with E-state index in [1.807, 2.05) is 48.5 Å². The number of carbonyl (C=O) groups is 1. The summed E-state index contributed by atoms with van der Waals surface area (Å²) in [4.78, 5) is 23.8. The Balaban J connectivity index is 1.26. The van der Waals surface area contributed by atoms with E-state index in [1.165, 1.54) is 0 Å². The number of aromatic nitrogens is 2. The minimum atomic E-state index is 0.0182. The SMILES string of the molecule is O=C(NCc1ccc(Br)cc1)C1CCN(c2ncnc3c2oc2ccccc23)CC1. The summed E-state index contributed by atoms with van der Waals surface area (Å²) in [5, 5.41) is 4.07. The number of fused-ring (bicyclic) bond motifs is 3. The van der Waals surface area contributed by atoms with E-state index in [0.29, 0.717) is 6.54 Å². The molecule has 4 aromatic rings. The van der Waals surface area contributed by atoms with E-state index in [1.54, 1.807) is 6.33 Å². The quantitative estimate of drug-likeness (QED) is 0.474. The van der Waals surface area contributed by atoms with Gasteiger partial charge in [-0.25, -0.2) is 9.97 Å². The van der Waals surface area contributed by atoms with Crippen LogP contribution in [0.3, 0.4) is 0 Å². The molecule has 30 heavy (non-hydrogen) atoms. The van der Waals surface area contributed by atoms with Crippen LogP contribution in [0.25, 0.3) is 22.1 Å². The van der Waals surface area contributed by atoms with Crippen LogP contribution >= 0.6 is 15.9 Å². The van der Waals surface area contributed by atoms with Crippen molar-refractivity contribution < 1.29 is 9.21 Å². The van der Waals surface area contributed by atoms with Crippen LogP contribution in [-0.2, 0) is 11.3 Å². The van der Waals surface area contributed by atoms with Crippen molar-refractivity contribution in [1.29, 1.82) is 0 Å². The summed E-state index contributed by atoms with van der Waals surface area (Å²) in [5.74, 6) is 0.948. The summed E-state index contributed by atoms with van der Waals surface area (Å²) < 4.78 is 7.09. The lowest BCUT2D eigenvalue weighted by atomic mass is 9.95. The fourth-order valence-electron chi connectivity index (χ4n) is 4.03. The Bertz CT molecular complexity index is 1200. The molecule has 0 bridgehead atoms. The number of amides is 1. The van der Waals surface area contributed by atoms with Crippen LogP contribution in [0, 0.1) is 5.92 Å². The predicted octanol–water partition coefficient (Wildman–Crippen LogP) is 4.67. The van der Waals surface area contributed by atoms with E-state index in [0.717, 1.165) is 63.9 Å². The first-order valence-electron chi connectivity index (χ1n) is 10.1. The van der Waals surface area contributed by atoms with E-state index >= 15 is 0 Å². The van der Waals surface area contributed by atoms with Crippen LogP contribution in [0.5, 0.6) is 0 Å². The number of anilines is 1. The molecule has 0 radical (unpaired) electrons. The Morgan fingerprint density at radius 3 is 2.67 bits per heavy atom. The van der Waals surface area contributed by atoms with Crippen LogP contribution in [0.15, 0.2) is 63.7 Å².